The average Bonchev–Trinajstić information content (AvgIpc) is 3.40. The van der Waals surface area contributed by atoms with Gasteiger partial charge in [-0.05, 0) is 43.4 Å². The number of rotatable bonds is 6. The van der Waals surface area contributed by atoms with Crippen LogP contribution in [0.5, 0.6) is 0 Å². The molecule has 0 spiro atoms. The summed E-state index contributed by atoms with van der Waals surface area (Å²) in [5.74, 6) is 0.871. The van der Waals surface area contributed by atoms with E-state index in [1.165, 1.54) is 24.0 Å². The molecule has 0 radical (unpaired) electrons. The van der Waals surface area contributed by atoms with E-state index >= 15 is 0 Å². The van der Waals surface area contributed by atoms with Gasteiger partial charge in [0.05, 0.1) is 13.2 Å². The molecule has 2 N–H and O–H groups in total. The van der Waals surface area contributed by atoms with E-state index in [1.54, 1.807) is 0 Å². The Labute approximate surface area is 172 Å². The maximum absolute atomic E-state index is 6.14. The third-order valence-corrected chi connectivity index (χ3v) is 5.14. The molecule has 25 heavy (non-hydrogen) atoms. The summed E-state index contributed by atoms with van der Waals surface area (Å²) >= 11 is 6.14. The van der Waals surface area contributed by atoms with Crippen molar-refractivity contribution in [2.75, 3.05) is 33.4 Å². The molecule has 0 saturated heterocycles. The lowest BCUT2D eigenvalue weighted by Crippen LogP contribution is -2.41. The molecule has 0 atom stereocenters. The van der Waals surface area contributed by atoms with Gasteiger partial charge in [0.25, 0.3) is 0 Å². The summed E-state index contributed by atoms with van der Waals surface area (Å²) in [5, 5.41) is 7.70. The summed E-state index contributed by atoms with van der Waals surface area (Å²) < 4.78 is 5.34. The lowest BCUT2D eigenvalue weighted by Gasteiger charge is -2.20. The van der Waals surface area contributed by atoms with Crippen molar-refractivity contribution in [2.24, 2.45) is 4.99 Å². The number of guanidine groups is 1. The first-order valence-electron chi connectivity index (χ1n) is 8.68. The SMILES string of the molecule is CN=C(NCCC1=CCOCC1)NCC1(c2cccc(Cl)c2)CC1.I. The van der Waals surface area contributed by atoms with Crippen LogP contribution in [-0.4, -0.2) is 39.3 Å². The number of aliphatic imine (C=N–C) groups is 1. The molecular formula is C19H27ClIN3O. The molecule has 4 nitrogen and oxygen atoms in total. The highest BCUT2D eigenvalue weighted by molar-refractivity contribution is 14.0. The highest BCUT2D eigenvalue weighted by Gasteiger charge is 2.44. The molecule has 0 amide bonds. The van der Waals surface area contributed by atoms with E-state index in [2.05, 4.69) is 33.8 Å². The minimum absolute atomic E-state index is 0. The Morgan fingerprint density at radius 1 is 1.32 bits per heavy atom. The van der Waals surface area contributed by atoms with Crippen molar-refractivity contribution in [2.45, 2.75) is 31.1 Å². The van der Waals surface area contributed by atoms with Crippen LogP contribution in [0.2, 0.25) is 5.02 Å². The number of ether oxygens (including phenoxy) is 1. The summed E-state index contributed by atoms with van der Waals surface area (Å²) in [4.78, 5) is 4.34. The van der Waals surface area contributed by atoms with Gasteiger partial charge in [-0.3, -0.25) is 4.99 Å². The predicted molar refractivity (Wildman–Crippen MR) is 115 cm³/mol. The summed E-state index contributed by atoms with van der Waals surface area (Å²) in [5.41, 5.74) is 3.01. The standard InChI is InChI=1S/C19H26ClN3O.HI/c1-21-18(22-10-5-15-6-11-24-12-7-15)23-14-19(8-9-19)16-3-2-4-17(20)13-16;/h2-4,6,13H,5,7-12,14H2,1H3,(H2,21,22,23);1H. The molecule has 1 saturated carbocycles. The molecule has 0 unspecified atom stereocenters. The zero-order valence-electron chi connectivity index (χ0n) is 14.7. The first-order valence-corrected chi connectivity index (χ1v) is 9.06. The van der Waals surface area contributed by atoms with E-state index in [0.717, 1.165) is 50.1 Å². The van der Waals surface area contributed by atoms with Gasteiger partial charge in [0.2, 0.25) is 0 Å². The Bertz CT molecular complexity index is 629. The summed E-state index contributed by atoms with van der Waals surface area (Å²) in [6.45, 7) is 3.39. The van der Waals surface area contributed by atoms with Crippen LogP contribution >= 0.6 is 35.6 Å². The Kier molecular flexibility index (Phi) is 8.03. The Hall–Kier alpha value is -0.790. The Balaban J connectivity index is 0.00000225. The first kappa shape index (κ1) is 20.5. The quantitative estimate of drug-likeness (QED) is 0.284. The molecule has 1 aromatic rings. The van der Waals surface area contributed by atoms with Crippen LogP contribution in [0.15, 0.2) is 40.9 Å². The first-order chi connectivity index (χ1) is 11.7. The summed E-state index contributed by atoms with van der Waals surface area (Å²) in [6, 6.07) is 8.23. The van der Waals surface area contributed by atoms with E-state index < -0.39 is 0 Å². The molecular weight excluding hydrogens is 449 g/mol. The lowest BCUT2D eigenvalue weighted by atomic mass is 9.96. The van der Waals surface area contributed by atoms with E-state index in [1.807, 2.05) is 19.2 Å². The summed E-state index contributed by atoms with van der Waals surface area (Å²) in [6.07, 6.45) is 6.68. The third kappa shape index (κ3) is 5.86. The van der Waals surface area contributed by atoms with E-state index in [9.17, 15) is 0 Å². The van der Waals surface area contributed by atoms with E-state index in [4.69, 9.17) is 16.3 Å². The second kappa shape index (κ2) is 9.78. The molecule has 138 valence electrons. The normalized spacial score (nSPS) is 18.8. The minimum atomic E-state index is 0. The van der Waals surface area contributed by atoms with Gasteiger partial charge in [0.15, 0.2) is 5.96 Å². The number of nitrogens with zero attached hydrogens (tertiary/aromatic N) is 1. The lowest BCUT2D eigenvalue weighted by molar-refractivity contribution is 0.153. The van der Waals surface area contributed by atoms with Crippen LogP contribution in [0.1, 0.15) is 31.2 Å². The van der Waals surface area contributed by atoms with Crippen molar-refractivity contribution in [3.05, 3.63) is 46.5 Å². The van der Waals surface area contributed by atoms with Gasteiger partial charge in [0.1, 0.15) is 0 Å². The molecule has 1 aromatic carbocycles. The van der Waals surface area contributed by atoms with Crippen molar-refractivity contribution >= 4 is 41.5 Å². The van der Waals surface area contributed by atoms with Crippen molar-refractivity contribution in [3.8, 4) is 0 Å². The Morgan fingerprint density at radius 2 is 2.16 bits per heavy atom. The number of benzene rings is 1. The van der Waals surface area contributed by atoms with Crippen LogP contribution in [0, 0.1) is 0 Å². The fourth-order valence-electron chi connectivity index (χ4n) is 3.14. The average molecular weight is 476 g/mol. The topological polar surface area (TPSA) is 45.7 Å². The number of halogens is 2. The maximum atomic E-state index is 6.14. The molecule has 6 heteroatoms. The van der Waals surface area contributed by atoms with Gasteiger partial charge in [-0.25, -0.2) is 0 Å². The van der Waals surface area contributed by atoms with Crippen molar-refractivity contribution in [1.82, 2.24) is 10.6 Å². The van der Waals surface area contributed by atoms with Crippen LogP contribution in [-0.2, 0) is 10.2 Å². The third-order valence-electron chi connectivity index (χ3n) is 4.90. The van der Waals surface area contributed by atoms with Crippen molar-refractivity contribution in [1.29, 1.82) is 0 Å². The molecule has 0 aromatic heterocycles. The second-order valence-electron chi connectivity index (χ2n) is 6.58. The zero-order chi connectivity index (χ0) is 16.8. The monoisotopic (exact) mass is 475 g/mol. The summed E-state index contributed by atoms with van der Waals surface area (Å²) in [7, 11) is 1.82. The van der Waals surface area contributed by atoms with Crippen LogP contribution in [0.4, 0.5) is 0 Å². The van der Waals surface area contributed by atoms with Crippen LogP contribution in [0.25, 0.3) is 0 Å². The van der Waals surface area contributed by atoms with E-state index in [0.29, 0.717) is 0 Å². The predicted octanol–water partition coefficient (Wildman–Crippen LogP) is 3.89. The van der Waals surface area contributed by atoms with Gasteiger partial charge < -0.3 is 15.4 Å². The fraction of sp³-hybridized carbons (Fsp3) is 0.526. The van der Waals surface area contributed by atoms with Crippen molar-refractivity contribution < 1.29 is 4.74 Å². The highest BCUT2D eigenvalue weighted by atomic mass is 127. The molecule has 1 aliphatic heterocycles. The smallest absolute Gasteiger partial charge is 0.191 e. The maximum Gasteiger partial charge on any atom is 0.191 e. The van der Waals surface area contributed by atoms with Crippen LogP contribution < -0.4 is 10.6 Å². The highest BCUT2D eigenvalue weighted by Crippen LogP contribution is 2.48. The van der Waals surface area contributed by atoms with Gasteiger partial charge in [-0.1, -0.05) is 35.4 Å². The Morgan fingerprint density at radius 3 is 2.80 bits per heavy atom. The number of nitrogens with one attached hydrogen (secondary N) is 2. The molecule has 1 fully saturated rings. The number of hydrogen-bond donors (Lipinski definition) is 2. The molecule has 1 heterocycles. The van der Waals surface area contributed by atoms with Crippen molar-refractivity contribution in [3.63, 3.8) is 0 Å². The van der Waals surface area contributed by atoms with Gasteiger partial charge in [0, 0.05) is 30.6 Å². The van der Waals surface area contributed by atoms with Crippen LogP contribution in [0.3, 0.4) is 0 Å². The second-order valence-corrected chi connectivity index (χ2v) is 7.02. The van der Waals surface area contributed by atoms with Gasteiger partial charge in [-0.2, -0.15) is 0 Å². The largest absolute Gasteiger partial charge is 0.377 e. The number of hydrogen-bond acceptors (Lipinski definition) is 2. The van der Waals surface area contributed by atoms with Gasteiger partial charge >= 0.3 is 0 Å². The van der Waals surface area contributed by atoms with E-state index in [-0.39, 0.29) is 29.4 Å². The molecule has 2 aliphatic rings. The fourth-order valence-corrected chi connectivity index (χ4v) is 3.33. The zero-order valence-corrected chi connectivity index (χ0v) is 17.8. The molecule has 3 rings (SSSR count). The molecule has 1 aliphatic carbocycles. The van der Waals surface area contributed by atoms with Gasteiger partial charge in [-0.15, -0.1) is 24.0 Å². The minimum Gasteiger partial charge on any atom is -0.377 e. The molecule has 0 bridgehead atoms.